The van der Waals surface area contributed by atoms with Crippen molar-refractivity contribution in [1.29, 1.82) is 0 Å². The van der Waals surface area contributed by atoms with Crippen LogP contribution in [-0.2, 0) is 9.53 Å². The highest BCUT2D eigenvalue weighted by molar-refractivity contribution is 7.10. The van der Waals surface area contributed by atoms with Crippen molar-refractivity contribution in [2.75, 3.05) is 37.4 Å². The van der Waals surface area contributed by atoms with Crippen molar-refractivity contribution in [1.82, 2.24) is 9.27 Å². The molecular formula is C13H20N4O2S. The Kier molecular flexibility index (Phi) is 3.80. The molecule has 3 N–H and O–H groups in total. The topological polar surface area (TPSA) is 80.5 Å². The first kappa shape index (κ1) is 13.6. The number of anilines is 2. The van der Waals surface area contributed by atoms with Gasteiger partial charge in [0.15, 0.2) is 0 Å². The van der Waals surface area contributed by atoms with Gasteiger partial charge < -0.3 is 20.7 Å². The number of morpholine rings is 1. The third kappa shape index (κ3) is 2.73. The van der Waals surface area contributed by atoms with Crippen LogP contribution in [0.1, 0.15) is 31.2 Å². The molecule has 1 aromatic heterocycles. The monoisotopic (exact) mass is 296 g/mol. The van der Waals surface area contributed by atoms with E-state index < -0.39 is 0 Å². The molecule has 1 atom stereocenters. The number of ether oxygens (including phenoxy) is 1. The Bertz CT molecular complexity index is 495. The van der Waals surface area contributed by atoms with Gasteiger partial charge in [-0.05, 0) is 37.2 Å². The molecule has 0 radical (unpaired) electrons. The largest absolute Gasteiger partial charge is 0.383 e. The van der Waals surface area contributed by atoms with Crippen LogP contribution in [-0.4, -0.2) is 47.5 Å². The molecule has 7 heteroatoms. The van der Waals surface area contributed by atoms with Crippen LogP contribution in [0.5, 0.6) is 0 Å². The van der Waals surface area contributed by atoms with Crippen LogP contribution in [0.4, 0.5) is 10.8 Å². The predicted molar refractivity (Wildman–Crippen MR) is 79.0 cm³/mol. The van der Waals surface area contributed by atoms with Gasteiger partial charge in [-0.1, -0.05) is 0 Å². The van der Waals surface area contributed by atoms with Crippen LogP contribution in [0.2, 0.25) is 0 Å². The molecular weight excluding hydrogens is 276 g/mol. The van der Waals surface area contributed by atoms with Crippen molar-refractivity contribution < 1.29 is 9.53 Å². The predicted octanol–water partition coefficient (Wildman–Crippen LogP) is 1.26. The Morgan fingerprint density at radius 1 is 1.50 bits per heavy atom. The Morgan fingerprint density at radius 2 is 2.20 bits per heavy atom. The number of hydrogen-bond acceptors (Lipinski definition) is 6. The Balaban J connectivity index is 1.66. The number of amides is 1. The Labute approximate surface area is 122 Å². The summed E-state index contributed by atoms with van der Waals surface area (Å²) in [6, 6.07) is -0.259. The maximum Gasteiger partial charge on any atom is 0.244 e. The van der Waals surface area contributed by atoms with Gasteiger partial charge in [-0.15, -0.1) is 0 Å². The van der Waals surface area contributed by atoms with Crippen LogP contribution in [0.3, 0.4) is 0 Å². The average molecular weight is 296 g/mol. The van der Waals surface area contributed by atoms with Crippen LogP contribution in [0.15, 0.2) is 0 Å². The highest BCUT2D eigenvalue weighted by Gasteiger charge is 2.32. The number of nitrogens with two attached hydrogens (primary N) is 1. The first-order valence-electron chi connectivity index (χ1n) is 7.05. The number of carbonyl (C=O) groups excluding carboxylic acids is 1. The first-order chi connectivity index (χ1) is 9.66. The van der Waals surface area contributed by atoms with Crippen molar-refractivity contribution in [2.24, 2.45) is 0 Å². The fraction of sp³-hybridized carbons (Fsp3) is 0.692. The molecule has 1 aliphatic carbocycles. The van der Waals surface area contributed by atoms with Crippen molar-refractivity contribution in [3.63, 3.8) is 0 Å². The molecule has 6 nitrogen and oxygen atoms in total. The summed E-state index contributed by atoms with van der Waals surface area (Å²) in [5.74, 6) is 1.26. The molecule has 2 fully saturated rings. The number of nitrogen functional groups attached to an aromatic ring is 1. The normalized spacial score (nSPS) is 20.8. The van der Waals surface area contributed by atoms with E-state index in [-0.39, 0.29) is 11.9 Å². The second kappa shape index (κ2) is 5.57. The van der Waals surface area contributed by atoms with Gasteiger partial charge in [0.1, 0.15) is 16.9 Å². The average Bonchev–Trinajstić information content (AvgIpc) is 3.24. The minimum atomic E-state index is -0.259. The highest BCUT2D eigenvalue weighted by atomic mass is 32.1. The summed E-state index contributed by atoms with van der Waals surface area (Å²) < 4.78 is 9.49. The van der Waals surface area contributed by atoms with Crippen molar-refractivity contribution >= 4 is 28.3 Å². The van der Waals surface area contributed by atoms with E-state index >= 15 is 0 Å². The molecule has 1 unspecified atom stereocenters. The SMILES string of the molecule is CC(Nc1snc(N)c1C1CC1)C(=O)N1CCOCC1. The quantitative estimate of drug-likeness (QED) is 0.874. The third-order valence-corrected chi connectivity index (χ3v) is 4.59. The van der Waals surface area contributed by atoms with E-state index in [2.05, 4.69) is 9.69 Å². The minimum Gasteiger partial charge on any atom is -0.383 e. The number of aromatic nitrogens is 1. The lowest BCUT2D eigenvalue weighted by atomic mass is 10.2. The zero-order valence-corrected chi connectivity index (χ0v) is 12.4. The molecule has 1 aliphatic heterocycles. The van der Waals surface area contributed by atoms with Gasteiger partial charge >= 0.3 is 0 Å². The summed E-state index contributed by atoms with van der Waals surface area (Å²) in [5, 5.41) is 4.25. The second-order valence-electron chi connectivity index (χ2n) is 5.39. The lowest BCUT2D eigenvalue weighted by Gasteiger charge is -2.29. The standard InChI is InChI=1S/C13H20N4O2S/c1-8(13(18)17-4-6-19-7-5-17)15-12-10(9-2-3-9)11(14)16-20-12/h8-9,15H,2-7H2,1H3,(H2,14,16). The summed E-state index contributed by atoms with van der Waals surface area (Å²) >= 11 is 1.36. The molecule has 1 saturated heterocycles. The molecule has 0 spiro atoms. The molecule has 1 amide bonds. The summed E-state index contributed by atoms with van der Waals surface area (Å²) in [6.45, 7) is 4.49. The number of nitrogens with one attached hydrogen (secondary N) is 1. The molecule has 0 aromatic carbocycles. The van der Waals surface area contributed by atoms with Crippen LogP contribution < -0.4 is 11.1 Å². The number of nitrogens with zero attached hydrogens (tertiary/aromatic N) is 2. The van der Waals surface area contributed by atoms with Crippen molar-refractivity contribution in [3.05, 3.63) is 5.56 Å². The minimum absolute atomic E-state index is 0.113. The van der Waals surface area contributed by atoms with E-state index in [0.29, 0.717) is 38.0 Å². The van der Waals surface area contributed by atoms with E-state index in [0.717, 1.165) is 10.6 Å². The van der Waals surface area contributed by atoms with E-state index in [1.807, 2.05) is 11.8 Å². The second-order valence-corrected chi connectivity index (χ2v) is 6.16. The van der Waals surface area contributed by atoms with Gasteiger partial charge in [0.05, 0.1) is 13.2 Å². The van der Waals surface area contributed by atoms with Crippen molar-refractivity contribution in [3.8, 4) is 0 Å². The molecule has 2 heterocycles. The molecule has 3 rings (SSSR count). The zero-order valence-electron chi connectivity index (χ0n) is 11.6. The highest BCUT2D eigenvalue weighted by Crippen LogP contribution is 2.47. The number of rotatable bonds is 4. The van der Waals surface area contributed by atoms with Crippen molar-refractivity contribution in [2.45, 2.75) is 31.7 Å². The Morgan fingerprint density at radius 3 is 2.85 bits per heavy atom. The molecule has 1 aromatic rings. The number of hydrogen-bond donors (Lipinski definition) is 2. The van der Waals surface area contributed by atoms with Gasteiger partial charge in [-0.25, -0.2) is 0 Å². The Hall–Kier alpha value is -1.34. The van der Waals surface area contributed by atoms with Gasteiger partial charge in [0, 0.05) is 18.7 Å². The zero-order chi connectivity index (χ0) is 14.1. The smallest absolute Gasteiger partial charge is 0.244 e. The van der Waals surface area contributed by atoms with Gasteiger partial charge in [0.25, 0.3) is 0 Å². The summed E-state index contributed by atoms with van der Waals surface area (Å²) in [5.41, 5.74) is 7.03. The fourth-order valence-corrected chi connectivity index (χ4v) is 3.38. The van der Waals surface area contributed by atoms with E-state index in [4.69, 9.17) is 10.5 Å². The van der Waals surface area contributed by atoms with Gasteiger partial charge in [-0.2, -0.15) is 4.37 Å². The molecule has 1 saturated carbocycles. The van der Waals surface area contributed by atoms with E-state index in [9.17, 15) is 4.79 Å². The molecule has 0 bridgehead atoms. The van der Waals surface area contributed by atoms with E-state index in [1.165, 1.54) is 24.4 Å². The van der Waals surface area contributed by atoms with Gasteiger partial charge in [-0.3, -0.25) is 4.79 Å². The maximum absolute atomic E-state index is 12.4. The van der Waals surface area contributed by atoms with Crippen LogP contribution in [0, 0.1) is 0 Å². The summed E-state index contributed by atoms with van der Waals surface area (Å²) in [6.07, 6.45) is 2.34. The fourth-order valence-electron chi connectivity index (χ4n) is 2.50. The van der Waals surface area contributed by atoms with Gasteiger partial charge in [0.2, 0.25) is 5.91 Å². The third-order valence-electron chi connectivity index (χ3n) is 3.78. The van der Waals surface area contributed by atoms with E-state index in [1.54, 1.807) is 0 Å². The molecule has 20 heavy (non-hydrogen) atoms. The summed E-state index contributed by atoms with van der Waals surface area (Å²) in [7, 11) is 0. The van der Waals surface area contributed by atoms with Crippen LogP contribution in [0.25, 0.3) is 0 Å². The molecule has 110 valence electrons. The summed E-state index contributed by atoms with van der Waals surface area (Å²) in [4.78, 5) is 14.2. The lowest BCUT2D eigenvalue weighted by molar-refractivity contribution is -0.135. The lowest BCUT2D eigenvalue weighted by Crippen LogP contribution is -2.46. The maximum atomic E-state index is 12.4. The first-order valence-corrected chi connectivity index (χ1v) is 7.82. The number of carbonyl (C=O) groups is 1. The van der Waals surface area contributed by atoms with Crippen LogP contribution >= 0.6 is 11.5 Å². The molecule has 2 aliphatic rings.